The van der Waals surface area contributed by atoms with E-state index in [1.807, 2.05) is 0 Å². The molecule has 7 fully saturated rings. The molecule has 5 heteroatoms. The summed E-state index contributed by atoms with van der Waals surface area (Å²) in [6.07, 6.45) is 8.98. The number of allylic oxidation sites excluding steroid dienone is 1. The Hall–Kier alpha value is -2.60. The Bertz CT molecular complexity index is 1690. The minimum absolute atomic E-state index is 0.148. The van der Waals surface area contributed by atoms with E-state index in [1.54, 1.807) is 16.7 Å². The molecule has 8 aliphatic heterocycles. The van der Waals surface area contributed by atoms with Crippen molar-refractivity contribution in [3.8, 4) is 0 Å². The number of nitrogens with one attached hydrogen (secondary N) is 1. The quantitative estimate of drug-likeness (QED) is 0.368. The molecule has 1 aliphatic carbocycles. The summed E-state index contributed by atoms with van der Waals surface area (Å²) < 4.78 is 7.41. The van der Waals surface area contributed by atoms with Crippen LogP contribution in [0.5, 0.6) is 0 Å². The highest BCUT2D eigenvalue weighted by atomic mass is 16.5. The third kappa shape index (κ3) is 2.80. The van der Waals surface area contributed by atoms with Crippen LogP contribution < -0.4 is 4.90 Å². The van der Waals surface area contributed by atoms with E-state index in [0.717, 1.165) is 31.4 Å². The number of para-hydroxylation sites is 2. The number of hydrogen-bond donors (Lipinski definition) is 1. The summed E-state index contributed by atoms with van der Waals surface area (Å²) in [6.45, 7) is 9.40. The highest BCUT2D eigenvalue weighted by Gasteiger charge is 2.71. The highest BCUT2D eigenvalue weighted by molar-refractivity contribution is 5.85. The van der Waals surface area contributed by atoms with E-state index in [-0.39, 0.29) is 11.6 Å². The molecule has 12 unspecified atom stereocenters. The number of ether oxygens (including phenoxy) is 1. The lowest BCUT2D eigenvalue weighted by atomic mass is 9.54. The maximum atomic E-state index is 7.41. The average molecular weight is 573 g/mol. The van der Waals surface area contributed by atoms with Crippen LogP contribution in [0.3, 0.4) is 0 Å². The molecular weight excluding hydrogens is 528 g/mol. The Kier molecular flexibility index (Phi) is 4.80. The Morgan fingerprint density at radius 2 is 1.95 bits per heavy atom. The molecule has 43 heavy (non-hydrogen) atoms. The third-order valence-corrected chi connectivity index (χ3v) is 14.5. The van der Waals surface area contributed by atoms with E-state index >= 15 is 0 Å². The highest BCUT2D eigenvalue weighted by Crippen LogP contribution is 2.66. The second-order valence-electron chi connectivity index (χ2n) is 15.4. The Balaban J connectivity index is 1.07. The molecule has 9 heterocycles. The van der Waals surface area contributed by atoms with Gasteiger partial charge in [-0.15, -0.1) is 0 Å². The van der Waals surface area contributed by atoms with Gasteiger partial charge in [0.25, 0.3) is 0 Å². The number of rotatable bonds is 2. The smallest absolute Gasteiger partial charge is 0.135 e. The fourth-order valence-electron chi connectivity index (χ4n) is 13.0. The summed E-state index contributed by atoms with van der Waals surface area (Å²) in [5.74, 6) is 3.33. The zero-order valence-corrected chi connectivity index (χ0v) is 25.6. The number of benzene rings is 2. The van der Waals surface area contributed by atoms with Gasteiger partial charge in [0.15, 0.2) is 0 Å². The first-order chi connectivity index (χ1) is 21.2. The molecule has 5 nitrogen and oxygen atoms in total. The van der Waals surface area contributed by atoms with E-state index in [9.17, 15) is 0 Å². The number of aromatic amines is 1. The van der Waals surface area contributed by atoms with Gasteiger partial charge in [-0.3, -0.25) is 9.80 Å². The van der Waals surface area contributed by atoms with Gasteiger partial charge in [-0.25, -0.2) is 0 Å². The largest absolute Gasteiger partial charge is 0.358 e. The summed E-state index contributed by atoms with van der Waals surface area (Å²) in [6, 6.07) is 21.0. The van der Waals surface area contributed by atoms with Gasteiger partial charge >= 0.3 is 0 Å². The minimum atomic E-state index is 0.148. The standard InChI is InChI=1S/C38H44N4O/c1-3-21-18-40-14-13-38-28-10-6-8-12-30(28)42-36(38)27(24(21)17-33(38)40)20-43-37(42)34-25-15-32-35-26(23-9-5-7-11-29(23)39-35)16-31(34)41(32)19-22(25)4-2/h4-12,21,24-25,27,31-34,36-37,39H,3,13-20H2,1-2H3. The second-order valence-corrected chi connectivity index (χ2v) is 15.4. The zero-order chi connectivity index (χ0) is 28.2. The number of hydrogen-bond acceptors (Lipinski definition) is 4. The van der Waals surface area contributed by atoms with Crippen LogP contribution in [0.1, 0.15) is 62.4 Å². The number of anilines is 1. The topological polar surface area (TPSA) is 34.7 Å². The number of nitrogens with zero attached hydrogens (tertiary/aromatic N) is 3. The molecule has 6 saturated heterocycles. The van der Waals surface area contributed by atoms with E-state index < -0.39 is 0 Å². The van der Waals surface area contributed by atoms with E-state index in [0.29, 0.717) is 41.9 Å². The number of H-pyrrole nitrogens is 1. The summed E-state index contributed by atoms with van der Waals surface area (Å²) in [5.41, 5.74) is 9.52. The lowest BCUT2D eigenvalue weighted by Crippen LogP contribution is -2.73. The zero-order valence-electron chi connectivity index (χ0n) is 25.6. The fraction of sp³-hybridized carbons (Fsp3) is 0.579. The van der Waals surface area contributed by atoms with Crippen molar-refractivity contribution in [3.63, 3.8) is 0 Å². The SMILES string of the molecule is CC=C1CN2C3CC1C(C1OCC4C5CC6N(CCC67c6ccccc6N1C47)CC5CC)C2Cc1c3[nH]c2ccccc12. The Labute approximate surface area is 255 Å². The maximum Gasteiger partial charge on any atom is 0.135 e. The predicted molar refractivity (Wildman–Crippen MR) is 170 cm³/mol. The molecule has 12 atom stereocenters. The van der Waals surface area contributed by atoms with Crippen molar-refractivity contribution >= 4 is 16.6 Å². The van der Waals surface area contributed by atoms with Gasteiger partial charge in [0, 0.05) is 70.8 Å². The minimum Gasteiger partial charge on any atom is -0.358 e. The van der Waals surface area contributed by atoms with Crippen molar-refractivity contribution in [2.24, 2.45) is 29.6 Å². The van der Waals surface area contributed by atoms with Crippen LogP contribution in [0.25, 0.3) is 10.9 Å². The van der Waals surface area contributed by atoms with Crippen LogP contribution in [0, 0.1) is 29.6 Å². The molecule has 1 spiro atoms. The third-order valence-electron chi connectivity index (χ3n) is 14.5. The van der Waals surface area contributed by atoms with Crippen LogP contribution in [0.4, 0.5) is 5.69 Å². The first-order valence-electron chi connectivity index (χ1n) is 17.4. The molecule has 9 aliphatic rings. The van der Waals surface area contributed by atoms with Gasteiger partial charge in [-0.2, -0.15) is 0 Å². The molecule has 12 rings (SSSR count). The summed E-state index contributed by atoms with van der Waals surface area (Å²) in [7, 11) is 0. The van der Waals surface area contributed by atoms with Crippen molar-refractivity contribution in [3.05, 3.63) is 77.0 Å². The fourth-order valence-corrected chi connectivity index (χ4v) is 13.0. The average Bonchev–Trinajstić information content (AvgIpc) is 3.73. The van der Waals surface area contributed by atoms with Crippen molar-refractivity contribution in [1.29, 1.82) is 0 Å². The Morgan fingerprint density at radius 3 is 2.86 bits per heavy atom. The van der Waals surface area contributed by atoms with E-state index in [1.165, 1.54) is 61.1 Å². The van der Waals surface area contributed by atoms with Crippen molar-refractivity contribution in [1.82, 2.24) is 14.8 Å². The number of aromatic nitrogens is 1. The molecule has 1 N–H and O–H groups in total. The molecule has 0 radical (unpaired) electrons. The van der Waals surface area contributed by atoms with Gasteiger partial charge in [0.05, 0.1) is 12.6 Å². The number of piperidine rings is 4. The second kappa shape index (κ2) is 8.35. The van der Waals surface area contributed by atoms with Crippen molar-refractivity contribution in [2.75, 3.05) is 31.1 Å². The molecular formula is C38H44N4O. The predicted octanol–water partition coefficient (Wildman–Crippen LogP) is 6.26. The maximum absolute atomic E-state index is 7.41. The van der Waals surface area contributed by atoms with Gasteiger partial charge in [0.2, 0.25) is 0 Å². The molecule has 2 aromatic carbocycles. The van der Waals surface area contributed by atoms with Crippen molar-refractivity contribution < 1.29 is 4.74 Å². The Morgan fingerprint density at radius 1 is 1.07 bits per heavy atom. The van der Waals surface area contributed by atoms with Gasteiger partial charge in [-0.05, 0) is 80.2 Å². The normalized spacial score (nSPS) is 45.9. The lowest BCUT2D eigenvalue weighted by molar-refractivity contribution is -0.157. The van der Waals surface area contributed by atoms with Crippen LogP contribution in [-0.2, 0) is 16.6 Å². The van der Waals surface area contributed by atoms with Gasteiger partial charge in [0.1, 0.15) is 6.23 Å². The monoisotopic (exact) mass is 572 g/mol. The lowest BCUT2D eigenvalue weighted by Gasteiger charge is -2.65. The molecule has 1 saturated carbocycles. The van der Waals surface area contributed by atoms with Gasteiger partial charge < -0.3 is 14.6 Å². The summed E-state index contributed by atoms with van der Waals surface area (Å²) in [5, 5.41) is 1.45. The van der Waals surface area contributed by atoms with Crippen LogP contribution in [-0.4, -0.2) is 65.4 Å². The molecule has 6 bridgehead atoms. The molecule has 1 aromatic heterocycles. The molecule has 0 amide bonds. The van der Waals surface area contributed by atoms with Crippen molar-refractivity contribution in [2.45, 2.75) is 81.8 Å². The van der Waals surface area contributed by atoms with Crippen LogP contribution in [0.15, 0.2) is 60.2 Å². The van der Waals surface area contributed by atoms with E-state index in [4.69, 9.17) is 4.74 Å². The molecule has 222 valence electrons. The molecule has 3 aromatic rings. The first kappa shape index (κ1) is 24.7. The first-order valence-corrected chi connectivity index (χ1v) is 17.4. The van der Waals surface area contributed by atoms with Crippen LogP contribution in [0.2, 0.25) is 0 Å². The van der Waals surface area contributed by atoms with Gasteiger partial charge in [-0.1, -0.05) is 61.4 Å². The number of fused-ring (bicyclic) bond motifs is 8. The van der Waals surface area contributed by atoms with Crippen LogP contribution >= 0.6 is 0 Å². The van der Waals surface area contributed by atoms with E-state index in [2.05, 4.69) is 88.1 Å². The summed E-state index contributed by atoms with van der Waals surface area (Å²) >= 11 is 0. The summed E-state index contributed by atoms with van der Waals surface area (Å²) in [4.78, 5) is 12.7.